The predicted molar refractivity (Wildman–Crippen MR) is 145 cm³/mol. The number of hydrogen-bond donors (Lipinski definition) is 2. The summed E-state index contributed by atoms with van der Waals surface area (Å²) in [5.74, 6) is 1.77. The molecule has 1 amide bonds. The van der Waals surface area contributed by atoms with Crippen LogP contribution < -0.4 is 5.84 Å². The number of hydrogen-bond acceptors (Lipinski definition) is 8. The van der Waals surface area contributed by atoms with Crippen molar-refractivity contribution in [1.29, 1.82) is 0 Å². The van der Waals surface area contributed by atoms with E-state index >= 15 is 0 Å². The number of nitrogens with zero attached hydrogens (tertiary/aromatic N) is 2. The fourth-order valence-electron chi connectivity index (χ4n) is 4.82. The first-order valence-electron chi connectivity index (χ1n) is 12.9. The molecule has 3 N–H and O–H groups in total. The lowest BCUT2D eigenvalue weighted by Gasteiger charge is -2.29. The van der Waals surface area contributed by atoms with Crippen molar-refractivity contribution in [2.75, 3.05) is 13.1 Å². The molecule has 12 heteroatoms. The number of amides is 1. The Hall–Kier alpha value is -3.87. The van der Waals surface area contributed by atoms with Crippen LogP contribution in [0, 0.1) is 11.8 Å². The SMILES string of the molecule is CC(C)CC(C(=O)c1cc2ccccc2o1)C(=O)N(N)C1CCCN(S(=O)(=O)c2cccc(C(=O)O)c2)CC1=O. The van der Waals surface area contributed by atoms with Gasteiger partial charge in [0.15, 0.2) is 11.5 Å². The highest BCUT2D eigenvalue weighted by atomic mass is 32.2. The Bertz CT molecular complexity index is 1530. The Kier molecular flexibility index (Phi) is 8.52. The second-order valence-corrected chi connectivity index (χ2v) is 12.2. The molecule has 0 radical (unpaired) electrons. The molecule has 0 bridgehead atoms. The van der Waals surface area contributed by atoms with Gasteiger partial charge in [-0.3, -0.25) is 19.4 Å². The number of carboxylic acids is 1. The lowest BCUT2D eigenvalue weighted by atomic mass is 9.90. The normalized spacial score (nSPS) is 17.5. The van der Waals surface area contributed by atoms with Gasteiger partial charge in [-0.05, 0) is 55.5 Å². The van der Waals surface area contributed by atoms with E-state index in [0.29, 0.717) is 11.0 Å². The van der Waals surface area contributed by atoms with E-state index < -0.39 is 52.0 Å². The van der Waals surface area contributed by atoms with Gasteiger partial charge in [0.05, 0.1) is 17.0 Å². The first-order valence-corrected chi connectivity index (χ1v) is 14.3. The maximum atomic E-state index is 13.6. The molecule has 4 rings (SSSR count). The Morgan fingerprint density at radius 1 is 1.12 bits per heavy atom. The number of aromatic carboxylic acids is 1. The predicted octanol–water partition coefficient (Wildman–Crippen LogP) is 3.10. The number of fused-ring (bicyclic) bond motifs is 1. The van der Waals surface area contributed by atoms with Gasteiger partial charge in [-0.2, -0.15) is 4.31 Å². The van der Waals surface area contributed by atoms with Crippen LogP contribution >= 0.6 is 0 Å². The number of nitrogens with two attached hydrogens (primary N) is 1. The third kappa shape index (κ3) is 5.98. The molecule has 1 saturated heterocycles. The average molecular weight is 570 g/mol. The first-order chi connectivity index (χ1) is 18.9. The third-order valence-electron chi connectivity index (χ3n) is 6.89. The standard InChI is InChI=1S/C28H31N3O8S/c1-17(2)13-21(26(33)25-15-18-7-3-4-11-24(18)39-25)27(34)31(29)22-10-6-12-30(16-23(22)32)40(37,38)20-9-5-8-19(14-20)28(35)36/h3-5,7-9,11,14-15,17,21-22H,6,10,12-13,16,29H2,1-2H3,(H,35,36). The molecular weight excluding hydrogens is 538 g/mol. The molecule has 1 aromatic heterocycles. The van der Waals surface area contributed by atoms with E-state index in [1.54, 1.807) is 30.3 Å². The monoisotopic (exact) mass is 569 g/mol. The molecule has 212 valence electrons. The zero-order valence-electron chi connectivity index (χ0n) is 22.1. The van der Waals surface area contributed by atoms with E-state index in [1.807, 2.05) is 13.8 Å². The van der Waals surface area contributed by atoms with E-state index in [9.17, 15) is 32.7 Å². The molecule has 1 aliphatic rings. The van der Waals surface area contributed by atoms with Gasteiger partial charge >= 0.3 is 5.97 Å². The highest BCUT2D eigenvalue weighted by Gasteiger charge is 2.40. The largest absolute Gasteiger partial charge is 0.478 e. The Balaban J connectivity index is 1.54. The molecule has 0 aliphatic carbocycles. The molecule has 3 aromatic rings. The smallest absolute Gasteiger partial charge is 0.335 e. The fourth-order valence-corrected chi connectivity index (χ4v) is 6.31. The van der Waals surface area contributed by atoms with Crippen LogP contribution in [0.5, 0.6) is 0 Å². The van der Waals surface area contributed by atoms with Gasteiger partial charge in [0.25, 0.3) is 0 Å². The summed E-state index contributed by atoms with van der Waals surface area (Å²) >= 11 is 0. The summed E-state index contributed by atoms with van der Waals surface area (Å²) in [6.45, 7) is 3.12. The van der Waals surface area contributed by atoms with Crippen molar-refractivity contribution in [3.63, 3.8) is 0 Å². The van der Waals surface area contributed by atoms with Gasteiger partial charge in [-0.1, -0.05) is 38.1 Å². The quantitative estimate of drug-likeness (QED) is 0.129. The van der Waals surface area contributed by atoms with Crippen LogP contribution in [0.2, 0.25) is 0 Å². The number of ketones is 2. The number of carbonyl (C=O) groups excluding carboxylic acids is 3. The van der Waals surface area contributed by atoms with Crippen LogP contribution in [-0.2, 0) is 19.6 Å². The van der Waals surface area contributed by atoms with E-state index in [4.69, 9.17) is 10.3 Å². The minimum absolute atomic E-state index is 0.0154. The van der Waals surface area contributed by atoms with Crippen LogP contribution in [0.4, 0.5) is 0 Å². The molecule has 11 nitrogen and oxygen atoms in total. The van der Waals surface area contributed by atoms with Crippen molar-refractivity contribution >= 4 is 44.4 Å². The van der Waals surface area contributed by atoms with Crippen molar-refractivity contribution in [2.45, 2.75) is 44.0 Å². The van der Waals surface area contributed by atoms with Crippen LogP contribution in [-0.4, -0.2) is 65.4 Å². The minimum Gasteiger partial charge on any atom is -0.478 e. The first kappa shape index (κ1) is 29.1. The van der Waals surface area contributed by atoms with Crippen molar-refractivity contribution in [2.24, 2.45) is 17.7 Å². The second-order valence-electron chi connectivity index (χ2n) is 10.2. The van der Waals surface area contributed by atoms with E-state index in [-0.39, 0.29) is 47.9 Å². The third-order valence-corrected chi connectivity index (χ3v) is 8.73. The van der Waals surface area contributed by atoms with Crippen LogP contribution in [0.15, 0.2) is 63.9 Å². The zero-order valence-corrected chi connectivity index (χ0v) is 23.0. The van der Waals surface area contributed by atoms with Gasteiger partial charge < -0.3 is 9.52 Å². The maximum absolute atomic E-state index is 13.6. The molecule has 2 aromatic carbocycles. The lowest BCUT2D eigenvalue weighted by Crippen LogP contribution is -2.54. The van der Waals surface area contributed by atoms with Gasteiger partial charge in [-0.25, -0.2) is 19.1 Å². The highest BCUT2D eigenvalue weighted by Crippen LogP contribution is 2.27. The summed E-state index contributed by atoms with van der Waals surface area (Å²) in [5, 5.41) is 10.7. The second kappa shape index (κ2) is 11.7. The van der Waals surface area contributed by atoms with Gasteiger partial charge in [0.1, 0.15) is 17.5 Å². The number of carboxylic acid groups (broad SMARTS) is 1. The maximum Gasteiger partial charge on any atom is 0.335 e. The summed E-state index contributed by atoms with van der Waals surface area (Å²) in [6.07, 6.45) is 0.473. The number of para-hydroxylation sites is 1. The molecule has 2 atom stereocenters. The molecule has 1 aliphatic heterocycles. The average Bonchev–Trinajstić information content (AvgIpc) is 3.26. The Labute approximate surface area is 231 Å². The topological polar surface area (TPSA) is 168 Å². The lowest BCUT2D eigenvalue weighted by molar-refractivity contribution is -0.142. The van der Waals surface area contributed by atoms with Crippen LogP contribution in [0.1, 0.15) is 54.0 Å². The van der Waals surface area contributed by atoms with Gasteiger partial charge in [0, 0.05) is 11.9 Å². The summed E-state index contributed by atoms with van der Waals surface area (Å²) < 4.78 is 33.1. The number of hydrazine groups is 1. The molecular formula is C28H31N3O8S. The molecule has 2 heterocycles. The Morgan fingerprint density at radius 3 is 2.52 bits per heavy atom. The highest BCUT2D eigenvalue weighted by molar-refractivity contribution is 7.89. The van der Waals surface area contributed by atoms with Gasteiger partial charge in [-0.15, -0.1) is 0 Å². The number of Topliss-reactive ketones (excluding diaryl/α,β-unsaturated/α-hetero) is 2. The summed E-state index contributed by atoms with van der Waals surface area (Å²) in [7, 11) is -4.20. The number of carbonyl (C=O) groups is 4. The van der Waals surface area contributed by atoms with Crippen LogP contribution in [0.3, 0.4) is 0 Å². The van der Waals surface area contributed by atoms with Gasteiger partial charge in [0.2, 0.25) is 21.7 Å². The van der Waals surface area contributed by atoms with Crippen molar-refractivity contribution < 1.29 is 37.1 Å². The minimum atomic E-state index is -4.20. The fraction of sp³-hybridized carbons (Fsp3) is 0.357. The van der Waals surface area contributed by atoms with E-state index in [2.05, 4.69) is 0 Å². The van der Waals surface area contributed by atoms with Crippen molar-refractivity contribution in [3.8, 4) is 0 Å². The summed E-state index contributed by atoms with van der Waals surface area (Å²) in [6, 6.07) is 12.4. The van der Waals surface area contributed by atoms with Crippen LogP contribution in [0.25, 0.3) is 11.0 Å². The molecule has 1 fully saturated rings. The molecule has 0 spiro atoms. The van der Waals surface area contributed by atoms with Crippen molar-refractivity contribution in [3.05, 3.63) is 65.9 Å². The number of furan rings is 1. The number of sulfonamides is 1. The number of rotatable bonds is 9. The molecule has 40 heavy (non-hydrogen) atoms. The Morgan fingerprint density at radius 2 is 1.85 bits per heavy atom. The van der Waals surface area contributed by atoms with E-state index in [1.165, 1.54) is 18.2 Å². The zero-order chi connectivity index (χ0) is 29.2. The summed E-state index contributed by atoms with van der Waals surface area (Å²) in [5.41, 5.74) is 0.296. The summed E-state index contributed by atoms with van der Waals surface area (Å²) in [4.78, 5) is 51.3. The van der Waals surface area contributed by atoms with Crippen molar-refractivity contribution in [1.82, 2.24) is 9.31 Å². The molecule has 2 unspecified atom stereocenters. The molecule has 0 saturated carbocycles. The van der Waals surface area contributed by atoms with E-state index in [0.717, 1.165) is 15.4 Å². The number of benzene rings is 2.